The highest BCUT2D eigenvalue weighted by molar-refractivity contribution is 6.02. The fraction of sp³-hybridized carbons (Fsp3) is 0.250. The molecule has 65 heavy (non-hydrogen) atoms. The van der Waals surface area contributed by atoms with E-state index in [2.05, 4.69) is 71.0 Å². The number of anilines is 1. The maximum absolute atomic E-state index is 5.44. The maximum atomic E-state index is 5.44. The molecule has 0 heterocycles. The minimum atomic E-state index is 0.307. The fourth-order valence-corrected chi connectivity index (χ4v) is 8.81. The van der Waals surface area contributed by atoms with Gasteiger partial charge >= 0.3 is 0 Å². The van der Waals surface area contributed by atoms with Crippen molar-refractivity contribution < 1.29 is 9.78 Å². The fourth-order valence-electron chi connectivity index (χ4n) is 8.81. The van der Waals surface area contributed by atoms with E-state index >= 15 is 0 Å². The summed E-state index contributed by atoms with van der Waals surface area (Å²) in [4.78, 5) is 10.9. The molecule has 0 aromatic heterocycles. The highest BCUT2D eigenvalue weighted by Crippen LogP contribution is 2.40. The van der Waals surface area contributed by atoms with Crippen molar-refractivity contribution in [1.82, 2.24) is 0 Å². The van der Waals surface area contributed by atoms with Crippen molar-refractivity contribution in [2.24, 2.45) is 42.5 Å². The molecular weight excluding hydrogens is 803 g/mol. The van der Waals surface area contributed by atoms with Crippen molar-refractivity contribution in [3.8, 4) is 5.75 Å². The molecule has 1 saturated carbocycles. The van der Waals surface area contributed by atoms with Gasteiger partial charge < -0.3 is 10.2 Å². The Morgan fingerprint density at radius 3 is 1.46 bits per heavy atom. The van der Waals surface area contributed by atoms with Crippen molar-refractivity contribution in [3.05, 3.63) is 169 Å². The number of hydrogen-bond acceptors (Lipinski definition) is 9. The Bertz CT molecular complexity index is 2960. The molecule has 0 radical (unpaired) electrons. The lowest BCUT2D eigenvalue weighted by Gasteiger charge is -2.29. The molecule has 0 aliphatic heterocycles. The Balaban J connectivity index is 0.869. The third-order valence-electron chi connectivity index (χ3n) is 12.6. The highest BCUT2D eigenvalue weighted by atomic mass is 17.2. The van der Waals surface area contributed by atoms with E-state index in [4.69, 9.17) is 30.2 Å². The first-order valence-corrected chi connectivity index (χ1v) is 23.1. The summed E-state index contributed by atoms with van der Waals surface area (Å²) in [6.07, 6.45) is 10.9. The van der Waals surface area contributed by atoms with Crippen molar-refractivity contribution >= 4 is 72.1 Å². The zero-order valence-electron chi connectivity index (χ0n) is 37.2. The predicted octanol–water partition coefficient (Wildman–Crippen LogP) is 18.0. The molecule has 1 aliphatic carbocycles. The van der Waals surface area contributed by atoms with Gasteiger partial charge in [0, 0.05) is 44.5 Å². The molecule has 1 aliphatic rings. The predicted molar refractivity (Wildman–Crippen MR) is 265 cm³/mol. The summed E-state index contributed by atoms with van der Waals surface area (Å²) in [5, 5.41) is 38.2. The monoisotopic (exact) mass is 857 g/mol. The summed E-state index contributed by atoms with van der Waals surface area (Å²) in [5.74, 6) is 2.31. The Morgan fingerprint density at radius 2 is 0.938 bits per heavy atom. The van der Waals surface area contributed by atoms with Crippen LogP contribution in [0, 0.1) is 18.8 Å². The second kappa shape index (κ2) is 21.1. The largest absolute Gasteiger partial charge is 0.384 e. The van der Waals surface area contributed by atoms with E-state index in [1.807, 2.05) is 116 Å². The zero-order chi connectivity index (χ0) is 44.2. The number of benzene rings is 8. The van der Waals surface area contributed by atoms with Gasteiger partial charge in [0.15, 0.2) is 5.75 Å². The summed E-state index contributed by atoms with van der Waals surface area (Å²) in [7, 11) is 0. The van der Waals surface area contributed by atoms with Crippen molar-refractivity contribution in [1.29, 1.82) is 0 Å². The molecule has 9 heteroatoms. The van der Waals surface area contributed by atoms with Crippen LogP contribution in [0.1, 0.15) is 69.4 Å². The van der Waals surface area contributed by atoms with Crippen LogP contribution >= 0.6 is 0 Å². The van der Waals surface area contributed by atoms with Crippen LogP contribution in [0.2, 0.25) is 0 Å². The third-order valence-corrected chi connectivity index (χ3v) is 12.6. The van der Waals surface area contributed by atoms with Crippen LogP contribution in [0.3, 0.4) is 0 Å². The van der Waals surface area contributed by atoms with E-state index in [0.29, 0.717) is 12.4 Å². The van der Waals surface area contributed by atoms with E-state index in [1.165, 1.54) is 56.8 Å². The molecule has 9 rings (SSSR count). The molecule has 0 saturated heterocycles. The average molecular weight is 858 g/mol. The standard InChI is InChI=1S/C56H55N7O2/c1-3-4-5-12-40-21-23-41(24-22-40)37-57-51-31-32-53(46-14-7-6-13-45(46)51)60-61-55-35-36-56(50-18-11-10-17-49(50)55)63-62-54-34-33-52(47-15-8-9-16-48(47)54)59-58-43-27-25-42(26-28-43)38-64-65-44-29-19-39(2)20-30-44/h6-11,13-20,25-36,40-41,57H,3-5,12,21-24,37-38H2,1-2H3. The molecule has 326 valence electrons. The average Bonchev–Trinajstić information content (AvgIpc) is 3.35. The second-order valence-corrected chi connectivity index (χ2v) is 17.2. The van der Waals surface area contributed by atoms with Crippen LogP contribution in [0.25, 0.3) is 32.3 Å². The van der Waals surface area contributed by atoms with Crippen LogP contribution in [-0.2, 0) is 11.5 Å². The highest BCUT2D eigenvalue weighted by Gasteiger charge is 2.21. The summed E-state index contributed by atoms with van der Waals surface area (Å²) in [6.45, 7) is 5.64. The maximum Gasteiger partial charge on any atom is 0.165 e. The number of hydrogen-bond donors (Lipinski definition) is 1. The number of nitrogens with zero attached hydrogens (tertiary/aromatic N) is 6. The van der Waals surface area contributed by atoms with E-state index in [1.54, 1.807) is 0 Å². The Labute approximate surface area is 381 Å². The van der Waals surface area contributed by atoms with Gasteiger partial charge in [-0.05, 0) is 97.8 Å². The molecule has 1 fully saturated rings. The van der Waals surface area contributed by atoms with Gasteiger partial charge in [0.25, 0.3) is 0 Å². The van der Waals surface area contributed by atoms with Gasteiger partial charge in [-0.1, -0.05) is 148 Å². The lowest BCUT2D eigenvalue weighted by molar-refractivity contribution is -0.217. The van der Waals surface area contributed by atoms with Gasteiger partial charge in [0.2, 0.25) is 0 Å². The summed E-state index contributed by atoms with van der Waals surface area (Å²) in [5.41, 5.74) is 7.84. The third kappa shape index (κ3) is 10.8. The quantitative estimate of drug-likeness (QED) is 0.0427. The molecule has 1 N–H and O–H groups in total. The van der Waals surface area contributed by atoms with Crippen molar-refractivity contribution in [3.63, 3.8) is 0 Å². The molecule has 0 amide bonds. The molecule has 0 spiro atoms. The summed E-state index contributed by atoms with van der Waals surface area (Å²) >= 11 is 0. The van der Waals surface area contributed by atoms with Crippen LogP contribution in [-0.4, -0.2) is 6.54 Å². The molecule has 0 bridgehead atoms. The Hall–Kier alpha value is -7.10. The molecular formula is C56H55N7O2. The Kier molecular flexibility index (Phi) is 14.0. The summed E-state index contributed by atoms with van der Waals surface area (Å²) in [6, 6.07) is 52.2. The number of rotatable bonds is 17. The second-order valence-electron chi connectivity index (χ2n) is 17.2. The summed E-state index contributed by atoms with van der Waals surface area (Å²) < 4.78 is 0. The number of nitrogens with one attached hydrogen (secondary N) is 1. The lowest BCUT2D eigenvalue weighted by Crippen LogP contribution is -2.21. The smallest absolute Gasteiger partial charge is 0.165 e. The topological polar surface area (TPSA) is 105 Å². The first kappa shape index (κ1) is 43.2. The molecule has 0 unspecified atom stereocenters. The van der Waals surface area contributed by atoms with Crippen LogP contribution < -0.4 is 10.2 Å². The lowest BCUT2D eigenvalue weighted by atomic mass is 9.79. The normalized spacial score (nSPS) is 15.5. The van der Waals surface area contributed by atoms with E-state index < -0.39 is 0 Å². The molecule has 9 nitrogen and oxygen atoms in total. The van der Waals surface area contributed by atoms with E-state index in [-0.39, 0.29) is 0 Å². The van der Waals surface area contributed by atoms with Gasteiger partial charge in [0.1, 0.15) is 6.61 Å². The van der Waals surface area contributed by atoms with Gasteiger partial charge in [0.05, 0.1) is 34.1 Å². The van der Waals surface area contributed by atoms with Gasteiger partial charge in [-0.2, -0.15) is 10.0 Å². The van der Waals surface area contributed by atoms with Crippen LogP contribution in [0.15, 0.2) is 188 Å². The number of aryl methyl sites for hydroxylation is 1. The van der Waals surface area contributed by atoms with Gasteiger partial charge in [-0.15, -0.1) is 25.6 Å². The van der Waals surface area contributed by atoms with E-state index in [9.17, 15) is 0 Å². The Morgan fingerprint density at radius 1 is 0.477 bits per heavy atom. The van der Waals surface area contributed by atoms with Crippen LogP contribution in [0.5, 0.6) is 5.75 Å². The molecule has 8 aromatic rings. The van der Waals surface area contributed by atoms with Crippen LogP contribution in [0.4, 0.5) is 39.8 Å². The van der Waals surface area contributed by atoms with E-state index in [0.717, 1.165) is 96.3 Å². The molecule has 0 atom stereocenters. The zero-order valence-corrected chi connectivity index (χ0v) is 37.2. The first-order chi connectivity index (χ1) is 32.1. The minimum absolute atomic E-state index is 0.307. The number of azo groups is 3. The van der Waals surface area contributed by atoms with Crippen molar-refractivity contribution in [2.45, 2.75) is 71.8 Å². The first-order valence-electron chi connectivity index (χ1n) is 23.1. The van der Waals surface area contributed by atoms with Gasteiger partial charge in [-0.3, -0.25) is 0 Å². The SMILES string of the molecule is CCCCCC1CCC(CNc2ccc(N=Nc3ccc(N=Nc4ccc(N=Nc5ccc(COOc6ccc(C)cc6)cc5)c5ccccc45)c4ccccc34)c3ccccc23)CC1. The molecule has 8 aromatic carbocycles. The minimum Gasteiger partial charge on any atom is -0.384 e. The number of unbranched alkanes of at least 4 members (excludes halogenated alkanes) is 2. The van der Waals surface area contributed by atoms with Gasteiger partial charge in [-0.25, -0.2) is 0 Å². The van der Waals surface area contributed by atoms with Crippen molar-refractivity contribution in [2.75, 3.05) is 11.9 Å². The number of fused-ring (bicyclic) bond motifs is 3.